The van der Waals surface area contributed by atoms with E-state index in [0.29, 0.717) is 0 Å². The Hall–Kier alpha value is -2.52. The van der Waals surface area contributed by atoms with Gasteiger partial charge in [-0.3, -0.25) is 0 Å². The summed E-state index contributed by atoms with van der Waals surface area (Å²) in [6, 6.07) is 6.33. The van der Waals surface area contributed by atoms with Crippen molar-refractivity contribution in [3.05, 3.63) is 74.0 Å². The highest BCUT2D eigenvalue weighted by Crippen LogP contribution is 2.33. The maximum Gasteiger partial charge on any atom is 0.242 e. The fraction of sp³-hybridized carbons (Fsp3) is 0.250. The van der Waals surface area contributed by atoms with Gasteiger partial charge >= 0.3 is 0 Å². The Balaban J connectivity index is 2.20. The highest BCUT2D eigenvalue weighted by atomic mass is 28.4. The van der Waals surface area contributed by atoms with E-state index in [1.807, 2.05) is 0 Å². The van der Waals surface area contributed by atoms with E-state index in [4.69, 9.17) is 9.16 Å². The van der Waals surface area contributed by atoms with Gasteiger partial charge in [0.1, 0.15) is 11.5 Å². The Morgan fingerprint density at radius 2 is 1.89 bits per heavy atom. The van der Waals surface area contributed by atoms with Crippen LogP contribution in [0.5, 0.6) is 11.5 Å². The summed E-state index contributed by atoms with van der Waals surface area (Å²) >= 11 is 0. The van der Waals surface area contributed by atoms with Gasteiger partial charge in [-0.05, 0) is 77.8 Å². The van der Waals surface area contributed by atoms with Crippen molar-refractivity contribution in [1.82, 2.24) is 0 Å². The third kappa shape index (κ3) is 2.87. The van der Waals surface area contributed by atoms with E-state index in [1.54, 1.807) is 7.11 Å². The minimum absolute atomic E-state index is 0.909. The number of allylic oxidation sites excluding steroid dienone is 4. The molecule has 2 aromatic rings. The number of rotatable bonds is 4. The molecule has 0 aromatic heterocycles. The van der Waals surface area contributed by atoms with E-state index in [0.717, 1.165) is 39.1 Å². The molecule has 0 N–H and O–H groups in total. The van der Waals surface area contributed by atoms with Crippen LogP contribution in [0, 0.1) is 17.4 Å². The van der Waals surface area contributed by atoms with Crippen molar-refractivity contribution in [3.8, 4) is 11.5 Å². The molecule has 0 saturated heterocycles. The summed E-state index contributed by atoms with van der Waals surface area (Å²) in [5.41, 5.74) is 4.87. The lowest BCUT2D eigenvalue weighted by atomic mass is 9.92. The predicted molar refractivity (Wildman–Crippen MR) is 116 cm³/mol. The van der Waals surface area contributed by atoms with Gasteiger partial charge in [0.25, 0.3) is 0 Å². The lowest BCUT2D eigenvalue weighted by Gasteiger charge is -2.20. The summed E-state index contributed by atoms with van der Waals surface area (Å²) in [6.07, 6.45) is 9.74. The Kier molecular flexibility index (Phi) is 4.15. The first-order valence-electron chi connectivity index (χ1n) is 9.41. The standard InChI is InChI=1S/C24H26O2Si/c1-15-16(2)24(25-3)23-19(21(15)17-10-7-8-11-17)14-18-12-9-13-20(22(18)23)26-27(4,5)6/h7-10,12-14H,1,11H2,2-6H3. The number of benzene rings is 2. The Bertz CT molecular complexity index is 1210. The van der Waals surface area contributed by atoms with Crippen molar-refractivity contribution in [3.63, 3.8) is 0 Å². The van der Waals surface area contributed by atoms with Crippen LogP contribution in [0.3, 0.4) is 0 Å². The Morgan fingerprint density at radius 3 is 2.52 bits per heavy atom. The van der Waals surface area contributed by atoms with E-state index in [2.05, 4.69) is 75.6 Å². The van der Waals surface area contributed by atoms with E-state index in [1.165, 1.54) is 21.9 Å². The van der Waals surface area contributed by atoms with Gasteiger partial charge in [-0.25, -0.2) is 0 Å². The van der Waals surface area contributed by atoms with Crippen LogP contribution in [-0.2, 0) is 0 Å². The fourth-order valence-electron chi connectivity index (χ4n) is 4.08. The third-order valence-electron chi connectivity index (χ3n) is 5.18. The molecule has 0 fully saturated rings. The molecular weight excluding hydrogens is 348 g/mol. The summed E-state index contributed by atoms with van der Waals surface area (Å²) in [5, 5.41) is 4.55. The van der Waals surface area contributed by atoms with Gasteiger partial charge in [0, 0.05) is 10.4 Å². The van der Waals surface area contributed by atoms with Crippen molar-refractivity contribution in [2.24, 2.45) is 0 Å². The number of methoxy groups -OCH3 is 1. The zero-order valence-electron chi connectivity index (χ0n) is 16.8. The number of hydrogen-bond acceptors (Lipinski definition) is 2. The maximum atomic E-state index is 6.46. The number of ether oxygens (including phenoxy) is 1. The molecule has 0 amide bonds. The molecule has 27 heavy (non-hydrogen) atoms. The molecule has 0 aliphatic heterocycles. The molecule has 3 heteroatoms. The van der Waals surface area contributed by atoms with Crippen molar-refractivity contribution in [2.75, 3.05) is 7.11 Å². The molecule has 2 aliphatic carbocycles. The molecule has 0 saturated carbocycles. The molecule has 2 aromatic carbocycles. The molecule has 0 atom stereocenters. The first-order chi connectivity index (χ1) is 12.8. The maximum absolute atomic E-state index is 6.46. The normalized spacial score (nSPS) is 14.5. The average Bonchev–Trinajstić information content (AvgIpc) is 3.23. The van der Waals surface area contributed by atoms with Gasteiger partial charge < -0.3 is 9.16 Å². The molecule has 0 radical (unpaired) electrons. The monoisotopic (exact) mass is 374 g/mol. The molecule has 0 unspecified atom stereocenters. The van der Waals surface area contributed by atoms with Crippen molar-refractivity contribution in [2.45, 2.75) is 33.0 Å². The largest absolute Gasteiger partial charge is 0.544 e. The second-order valence-corrected chi connectivity index (χ2v) is 12.6. The van der Waals surface area contributed by atoms with Gasteiger partial charge in [0.05, 0.1) is 7.11 Å². The minimum atomic E-state index is -1.74. The number of hydrogen-bond donors (Lipinski definition) is 0. The second kappa shape index (κ2) is 6.27. The van der Waals surface area contributed by atoms with Crippen LogP contribution >= 0.6 is 0 Å². The molecule has 0 heterocycles. The van der Waals surface area contributed by atoms with Gasteiger partial charge in [-0.2, -0.15) is 0 Å². The van der Waals surface area contributed by atoms with Crippen LogP contribution in [0.1, 0.15) is 23.1 Å². The first-order valence-corrected chi connectivity index (χ1v) is 12.8. The lowest BCUT2D eigenvalue weighted by Crippen LogP contribution is -2.30. The topological polar surface area (TPSA) is 18.5 Å². The summed E-state index contributed by atoms with van der Waals surface area (Å²) in [4.78, 5) is 0. The molecule has 0 bridgehead atoms. The summed E-state index contributed by atoms with van der Waals surface area (Å²) in [7, 11) is 0.00631. The van der Waals surface area contributed by atoms with Gasteiger partial charge in [0.15, 0.2) is 0 Å². The lowest BCUT2D eigenvalue weighted by molar-refractivity contribution is 0.408. The molecule has 4 rings (SSSR count). The van der Waals surface area contributed by atoms with Crippen LogP contribution in [0.4, 0.5) is 0 Å². The molecule has 2 nitrogen and oxygen atoms in total. The van der Waals surface area contributed by atoms with Crippen LogP contribution in [-0.4, -0.2) is 15.4 Å². The van der Waals surface area contributed by atoms with E-state index >= 15 is 0 Å². The SMILES string of the molecule is C=c1c(C)c(OC)c2c(c1C1=CC=CC1)C=c1cccc(O[Si](C)(C)C)c1=2. The Labute approximate surface area is 161 Å². The summed E-state index contributed by atoms with van der Waals surface area (Å²) in [6.45, 7) is 13.2. The number of fused-ring (bicyclic) bond motifs is 2. The fourth-order valence-corrected chi connectivity index (χ4v) is 4.91. The average molecular weight is 375 g/mol. The van der Waals surface area contributed by atoms with E-state index < -0.39 is 8.32 Å². The smallest absolute Gasteiger partial charge is 0.242 e. The first kappa shape index (κ1) is 17.9. The van der Waals surface area contributed by atoms with Gasteiger partial charge in [0.2, 0.25) is 8.32 Å². The molecule has 0 spiro atoms. The van der Waals surface area contributed by atoms with E-state index in [9.17, 15) is 0 Å². The van der Waals surface area contributed by atoms with Crippen LogP contribution < -0.4 is 19.6 Å². The van der Waals surface area contributed by atoms with Gasteiger partial charge in [-0.15, -0.1) is 0 Å². The minimum Gasteiger partial charge on any atom is -0.544 e. The highest BCUT2D eigenvalue weighted by Gasteiger charge is 2.23. The quantitative estimate of drug-likeness (QED) is 0.630. The third-order valence-corrected chi connectivity index (χ3v) is 6.01. The summed E-state index contributed by atoms with van der Waals surface area (Å²) in [5.74, 6) is 1.87. The highest BCUT2D eigenvalue weighted by molar-refractivity contribution is 6.70. The zero-order chi connectivity index (χ0) is 19.3. The van der Waals surface area contributed by atoms with Crippen LogP contribution in [0.25, 0.3) is 18.2 Å². The second-order valence-electron chi connectivity index (χ2n) is 8.20. The van der Waals surface area contributed by atoms with Crippen molar-refractivity contribution < 1.29 is 9.16 Å². The predicted octanol–water partition coefficient (Wildman–Crippen LogP) is 4.40. The van der Waals surface area contributed by atoms with Gasteiger partial charge in [-0.1, -0.05) is 36.9 Å². The van der Waals surface area contributed by atoms with Crippen LogP contribution in [0.2, 0.25) is 19.6 Å². The van der Waals surface area contributed by atoms with Crippen LogP contribution in [0.15, 0.2) is 36.4 Å². The van der Waals surface area contributed by atoms with E-state index in [-0.39, 0.29) is 0 Å². The molecule has 138 valence electrons. The summed E-state index contributed by atoms with van der Waals surface area (Å²) < 4.78 is 12.3. The Morgan fingerprint density at radius 1 is 1.11 bits per heavy atom. The zero-order valence-corrected chi connectivity index (χ0v) is 17.8. The van der Waals surface area contributed by atoms with Crippen molar-refractivity contribution in [1.29, 1.82) is 0 Å². The molecule has 2 aliphatic rings. The van der Waals surface area contributed by atoms with Crippen molar-refractivity contribution >= 4 is 26.5 Å². The molecular formula is C24H26O2Si.